The monoisotopic (exact) mass is 515 g/mol. The number of amides is 2. The van der Waals surface area contributed by atoms with Gasteiger partial charge in [0.2, 0.25) is 11.9 Å². The van der Waals surface area contributed by atoms with Gasteiger partial charge in [-0.05, 0) is 68.7 Å². The summed E-state index contributed by atoms with van der Waals surface area (Å²) < 4.78 is 1.74. The van der Waals surface area contributed by atoms with Crippen LogP contribution >= 0.6 is 11.6 Å². The molecule has 1 unspecified atom stereocenters. The predicted octanol–water partition coefficient (Wildman–Crippen LogP) is 3.77. The number of nitrogens with one attached hydrogen (secondary N) is 1. The summed E-state index contributed by atoms with van der Waals surface area (Å²) in [7, 11) is 0. The lowest BCUT2D eigenvalue weighted by Crippen LogP contribution is -2.43. The molecule has 37 heavy (non-hydrogen) atoms. The number of rotatable bonds is 6. The van der Waals surface area contributed by atoms with Crippen molar-refractivity contribution in [2.75, 3.05) is 11.4 Å². The van der Waals surface area contributed by atoms with Gasteiger partial charge in [-0.2, -0.15) is 10.4 Å². The van der Waals surface area contributed by atoms with Crippen LogP contribution < -0.4 is 10.2 Å². The molecule has 3 aromatic rings. The number of halogens is 1. The Morgan fingerprint density at radius 3 is 2.68 bits per heavy atom. The summed E-state index contributed by atoms with van der Waals surface area (Å²) in [6.45, 7) is 4.49. The summed E-state index contributed by atoms with van der Waals surface area (Å²) in [6, 6.07) is 7.39. The van der Waals surface area contributed by atoms with Crippen LogP contribution in [0.3, 0.4) is 0 Å². The second kappa shape index (κ2) is 8.96. The molecule has 2 aromatic heterocycles. The second-order valence-corrected chi connectivity index (χ2v) is 10.8. The van der Waals surface area contributed by atoms with Gasteiger partial charge in [0.25, 0.3) is 5.91 Å². The first-order chi connectivity index (χ1) is 17.8. The second-order valence-electron chi connectivity index (χ2n) is 10.3. The molecule has 9 nitrogen and oxygen atoms in total. The molecule has 2 aliphatic carbocycles. The number of anilines is 1. The number of hydrogen-bond donors (Lipinski definition) is 1. The third-order valence-corrected chi connectivity index (χ3v) is 8.15. The third-order valence-electron chi connectivity index (χ3n) is 7.91. The number of aryl methyl sites for hydroxylation is 1. The van der Waals surface area contributed by atoms with E-state index in [4.69, 9.17) is 11.6 Å². The summed E-state index contributed by atoms with van der Waals surface area (Å²) in [5, 5.41) is 17.7. The van der Waals surface area contributed by atoms with Crippen LogP contribution in [0.25, 0.3) is 0 Å². The van der Waals surface area contributed by atoms with Gasteiger partial charge in [-0.1, -0.05) is 11.6 Å². The molecule has 2 amide bonds. The Kier molecular flexibility index (Phi) is 5.72. The summed E-state index contributed by atoms with van der Waals surface area (Å²) in [5.74, 6) is 1.24. The van der Waals surface area contributed by atoms with E-state index in [1.54, 1.807) is 40.3 Å². The van der Waals surface area contributed by atoms with Crippen molar-refractivity contribution in [3.63, 3.8) is 0 Å². The summed E-state index contributed by atoms with van der Waals surface area (Å²) in [4.78, 5) is 35.8. The molecule has 3 atom stereocenters. The van der Waals surface area contributed by atoms with E-state index in [1.165, 1.54) is 0 Å². The Labute approximate surface area is 219 Å². The van der Waals surface area contributed by atoms with Crippen LogP contribution in [0.4, 0.5) is 5.95 Å². The van der Waals surface area contributed by atoms with E-state index in [0.717, 1.165) is 30.4 Å². The maximum Gasteiger partial charge on any atom is 0.254 e. The molecule has 0 radical (unpaired) electrons. The van der Waals surface area contributed by atoms with Crippen LogP contribution in [0, 0.1) is 30.1 Å². The van der Waals surface area contributed by atoms with Gasteiger partial charge in [-0.15, -0.1) is 0 Å². The highest BCUT2D eigenvalue weighted by atomic mass is 35.5. The molecule has 188 valence electrons. The summed E-state index contributed by atoms with van der Waals surface area (Å²) in [5.41, 5.74) is 3.58. The van der Waals surface area contributed by atoms with Gasteiger partial charge in [0, 0.05) is 47.7 Å². The van der Waals surface area contributed by atoms with E-state index < -0.39 is 0 Å². The fourth-order valence-corrected chi connectivity index (χ4v) is 5.61. The van der Waals surface area contributed by atoms with Crippen molar-refractivity contribution in [2.45, 2.75) is 51.1 Å². The first-order valence-electron chi connectivity index (χ1n) is 12.5. The lowest BCUT2D eigenvalue weighted by Gasteiger charge is -2.36. The average Bonchev–Trinajstić information content (AvgIpc) is 3.43. The van der Waals surface area contributed by atoms with Crippen LogP contribution in [0.2, 0.25) is 5.02 Å². The minimum Gasteiger partial charge on any atom is -0.349 e. The van der Waals surface area contributed by atoms with Gasteiger partial charge >= 0.3 is 0 Å². The Morgan fingerprint density at radius 1 is 1.24 bits per heavy atom. The van der Waals surface area contributed by atoms with Crippen molar-refractivity contribution in [3.05, 3.63) is 69.8 Å². The Hall–Kier alpha value is -3.77. The maximum absolute atomic E-state index is 13.0. The zero-order chi connectivity index (χ0) is 25.8. The lowest BCUT2D eigenvalue weighted by atomic mass is 9.74. The fourth-order valence-electron chi connectivity index (χ4n) is 5.42. The van der Waals surface area contributed by atoms with Crippen molar-refractivity contribution < 1.29 is 9.59 Å². The topological polar surface area (TPSA) is 117 Å². The van der Waals surface area contributed by atoms with Crippen molar-refractivity contribution >= 4 is 29.4 Å². The number of benzene rings is 1. The predicted molar refractivity (Wildman–Crippen MR) is 136 cm³/mol. The van der Waals surface area contributed by atoms with Crippen molar-refractivity contribution in [2.24, 2.45) is 11.8 Å². The van der Waals surface area contributed by atoms with Gasteiger partial charge in [-0.25, -0.2) is 9.97 Å². The van der Waals surface area contributed by atoms with Gasteiger partial charge in [0.05, 0.1) is 28.9 Å². The van der Waals surface area contributed by atoms with E-state index in [2.05, 4.69) is 26.5 Å². The fraction of sp³-hybridized carbons (Fsp3) is 0.407. The molecule has 10 heteroatoms. The highest BCUT2D eigenvalue weighted by Crippen LogP contribution is 2.46. The van der Waals surface area contributed by atoms with Crippen LogP contribution in [0.1, 0.15) is 70.9 Å². The largest absolute Gasteiger partial charge is 0.349 e. The number of fused-ring (bicyclic) bond motifs is 1. The Bertz CT molecular complexity index is 1440. The first-order valence-corrected chi connectivity index (χ1v) is 12.9. The SMILES string of the molecule is Cc1nn(C(C)c2cnc(N3C[C@H]4C[C@H]4C3=O)nc2)cc1C(=O)NC1CC(c2cc(Cl)ccc2C#N)C1. The molecule has 3 heterocycles. The van der Waals surface area contributed by atoms with E-state index in [-0.39, 0.29) is 35.7 Å². The quantitative estimate of drug-likeness (QED) is 0.534. The van der Waals surface area contributed by atoms with Crippen LogP contribution in [-0.2, 0) is 4.79 Å². The van der Waals surface area contributed by atoms with Crippen molar-refractivity contribution in [1.82, 2.24) is 25.1 Å². The minimum absolute atomic E-state index is 0.0310. The van der Waals surface area contributed by atoms with Crippen molar-refractivity contribution in [1.29, 1.82) is 5.26 Å². The smallest absolute Gasteiger partial charge is 0.254 e. The van der Waals surface area contributed by atoms with Gasteiger partial charge in [0.15, 0.2) is 0 Å². The normalized spacial score (nSPS) is 24.7. The molecule has 1 N–H and O–H groups in total. The van der Waals surface area contributed by atoms with E-state index in [9.17, 15) is 14.9 Å². The number of piperidine rings is 1. The number of nitrogens with zero attached hydrogens (tertiary/aromatic N) is 6. The molecular formula is C27H26ClN7O2. The molecule has 1 aliphatic heterocycles. The van der Waals surface area contributed by atoms with Gasteiger partial charge < -0.3 is 5.32 Å². The highest BCUT2D eigenvalue weighted by molar-refractivity contribution is 6.30. The van der Waals surface area contributed by atoms with Gasteiger partial charge in [0.1, 0.15) is 0 Å². The molecular weight excluding hydrogens is 490 g/mol. The summed E-state index contributed by atoms with van der Waals surface area (Å²) in [6.07, 6.45) is 7.71. The zero-order valence-electron chi connectivity index (χ0n) is 20.6. The molecule has 1 saturated heterocycles. The standard InChI is InChI=1S/C27H26ClN7O2/c1-14-24(25(36)32-21-5-17(6-21)22-8-20(28)4-3-16(22)9-29)13-35(33-14)15(2)19-10-30-27(31-11-19)34-12-18-7-23(18)26(34)37/h3-4,8,10-11,13,15,17-18,21,23H,5-7,12H2,1-2H3,(H,32,36)/t15?,17?,18-,21?,23-/m1/s1. The van der Waals surface area contributed by atoms with Crippen LogP contribution in [0.15, 0.2) is 36.8 Å². The number of aromatic nitrogens is 4. The molecule has 1 aromatic carbocycles. The van der Waals surface area contributed by atoms with Gasteiger partial charge in [-0.3, -0.25) is 19.2 Å². The van der Waals surface area contributed by atoms with Crippen molar-refractivity contribution in [3.8, 4) is 6.07 Å². The molecule has 3 aliphatic rings. The molecule has 0 spiro atoms. The Balaban J connectivity index is 1.09. The Morgan fingerprint density at radius 2 is 2.00 bits per heavy atom. The zero-order valence-corrected chi connectivity index (χ0v) is 21.3. The van der Waals surface area contributed by atoms with E-state index >= 15 is 0 Å². The average molecular weight is 516 g/mol. The molecule has 2 saturated carbocycles. The number of carbonyl (C=O) groups excluding carboxylic acids is 2. The number of carbonyl (C=O) groups is 2. The summed E-state index contributed by atoms with van der Waals surface area (Å²) >= 11 is 6.13. The maximum atomic E-state index is 13.0. The van der Waals surface area contributed by atoms with E-state index in [0.29, 0.717) is 40.3 Å². The molecule has 3 fully saturated rings. The van der Waals surface area contributed by atoms with Crippen LogP contribution in [0.5, 0.6) is 0 Å². The van der Waals surface area contributed by atoms with Crippen LogP contribution in [-0.4, -0.2) is 44.1 Å². The highest BCUT2D eigenvalue weighted by Gasteiger charge is 2.53. The van der Waals surface area contributed by atoms with E-state index in [1.807, 2.05) is 19.9 Å². The first kappa shape index (κ1) is 23.6. The number of nitriles is 1. The minimum atomic E-state index is -0.183. The number of hydrogen-bond acceptors (Lipinski definition) is 6. The molecule has 0 bridgehead atoms. The lowest BCUT2D eigenvalue weighted by molar-refractivity contribution is -0.118. The molecule has 6 rings (SSSR count). The third kappa shape index (κ3) is 4.25.